The van der Waals surface area contributed by atoms with E-state index in [0.717, 1.165) is 4.90 Å². The molecule has 3 aliphatic rings. The quantitative estimate of drug-likeness (QED) is 0.764. The molecule has 28 heavy (non-hydrogen) atoms. The van der Waals surface area contributed by atoms with Crippen molar-refractivity contribution in [3.05, 3.63) is 11.9 Å². The highest BCUT2D eigenvalue weighted by molar-refractivity contribution is 5.90. The van der Waals surface area contributed by atoms with Crippen LogP contribution in [-0.4, -0.2) is 88.9 Å². The molecular weight excluding hydrogens is 377 g/mol. The van der Waals surface area contributed by atoms with Gasteiger partial charge in [-0.05, 0) is 13.3 Å². The monoisotopic (exact) mass is 404 g/mol. The molecule has 2 saturated heterocycles. The maximum Gasteiger partial charge on any atom is 0.409 e. The van der Waals surface area contributed by atoms with Gasteiger partial charge in [0, 0.05) is 25.1 Å². The average Bonchev–Trinajstić information content (AvgIpc) is 2.61. The molecule has 0 saturated carbocycles. The lowest BCUT2D eigenvalue weighted by Crippen LogP contribution is -2.64. The molecule has 0 aromatic heterocycles. The molecule has 0 radical (unpaired) electrons. The predicted octanol–water partition coefficient (Wildman–Crippen LogP) is 1.40. The smallest absolute Gasteiger partial charge is 0.377 e. The topological polar surface area (TPSA) is 68.6 Å². The fourth-order valence-corrected chi connectivity index (χ4v) is 3.67. The summed E-state index contributed by atoms with van der Waals surface area (Å²) in [5.74, 6) is 0.0984. The van der Waals surface area contributed by atoms with E-state index in [1.807, 2.05) is 11.8 Å². The predicted molar refractivity (Wildman–Crippen MR) is 96.2 cm³/mol. The second-order valence-corrected chi connectivity index (χ2v) is 7.76. The fraction of sp³-hybridized carbons (Fsp3) is 0.778. The third kappa shape index (κ3) is 4.12. The minimum atomic E-state index is -4.51. The number of hydrogen-bond donors (Lipinski definition) is 1. The Hall–Kier alpha value is -1.81. The molecule has 3 aliphatic heterocycles. The number of hydrogen-bond acceptors (Lipinski definition) is 7. The Bertz CT molecular complexity index is 665. The number of ether oxygens (including phenoxy) is 1. The molecule has 158 valence electrons. The van der Waals surface area contributed by atoms with Crippen molar-refractivity contribution >= 4 is 11.7 Å². The number of ketones is 1. The first kappa shape index (κ1) is 20.9. The van der Waals surface area contributed by atoms with Gasteiger partial charge in [0.15, 0.2) is 12.0 Å². The third-order valence-corrected chi connectivity index (χ3v) is 5.35. The molecule has 3 heterocycles. The zero-order valence-corrected chi connectivity index (χ0v) is 16.3. The lowest BCUT2D eigenvalue weighted by atomic mass is 10.0. The van der Waals surface area contributed by atoms with Crippen LogP contribution in [0.4, 0.5) is 13.2 Å². The zero-order valence-electron chi connectivity index (χ0n) is 16.3. The summed E-state index contributed by atoms with van der Waals surface area (Å²) in [4.78, 5) is 21.1. The van der Waals surface area contributed by atoms with Gasteiger partial charge in [0.2, 0.25) is 5.96 Å². The molecule has 3 atom stereocenters. The Morgan fingerprint density at radius 3 is 2.71 bits per heavy atom. The normalized spacial score (nSPS) is 28.9. The second-order valence-electron chi connectivity index (χ2n) is 7.76. The molecule has 3 rings (SSSR count). The Morgan fingerprint density at radius 1 is 1.39 bits per heavy atom. The van der Waals surface area contributed by atoms with Gasteiger partial charge < -0.3 is 24.5 Å². The molecule has 1 unspecified atom stereocenters. The Morgan fingerprint density at radius 2 is 2.11 bits per heavy atom. The van der Waals surface area contributed by atoms with Gasteiger partial charge in [-0.3, -0.25) is 4.79 Å². The number of aliphatic hydroxyl groups is 1. The number of guanidine groups is 1. The summed E-state index contributed by atoms with van der Waals surface area (Å²) in [6.07, 6.45) is -4.87. The molecule has 0 aromatic carbocycles. The number of fused-ring (bicyclic) bond motifs is 1. The lowest BCUT2D eigenvalue weighted by Gasteiger charge is -2.48. The van der Waals surface area contributed by atoms with Gasteiger partial charge in [-0.15, -0.1) is 0 Å². The number of rotatable bonds is 4. The number of morpholine rings is 1. The highest BCUT2D eigenvalue weighted by Gasteiger charge is 2.51. The van der Waals surface area contributed by atoms with E-state index in [1.165, 1.54) is 6.08 Å². The van der Waals surface area contributed by atoms with Gasteiger partial charge in [-0.2, -0.15) is 18.2 Å². The number of Topliss-reactive ketones (excluding diaryl/α,β-unsaturated/α-hetero) is 1. The van der Waals surface area contributed by atoms with Crippen LogP contribution in [0.15, 0.2) is 16.9 Å². The van der Waals surface area contributed by atoms with E-state index in [2.05, 4.69) is 4.99 Å². The summed E-state index contributed by atoms with van der Waals surface area (Å²) in [6, 6.07) is -1.86. The van der Waals surface area contributed by atoms with Gasteiger partial charge in [0.1, 0.15) is 11.9 Å². The number of halogens is 3. The van der Waals surface area contributed by atoms with E-state index in [1.54, 1.807) is 18.7 Å². The van der Waals surface area contributed by atoms with Crippen LogP contribution in [-0.2, 0) is 9.53 Å². The van der Waals surface area contributed by atoms with E-state index in [4.69, 9.17) is 4.74 Å². The SMILES string of the molecule is CC(C)C(=O)CN1CC[C@H](C(F)(F)F)N2C1=NC(N1CCOC[C@H]1C)=CC2O. The minimum absolute atomic E-state index is 0.00580. The largest absolute Gasteiger partial charge is 0.409 e. The van der Waals surface area contributed by atoms with Gasteiger partial charge in [-0.1, -0.05) is 13.8 Å². The van der Waals surface area contributed by atoms with E-state index in [0.29, 0.717) is 25.6 Å². The first-order valence-corrected chi connectivity index (χ1v) is 9.55. The van der Waals surface area contributed by atoms with Crippen molar-refractivity contribution < 1.29 is 27.8 Å². The van der Waals surface area contributed by atoms with Gasteiger partial charge in [-0.25, -0.2) is 0 Å². The number of nitrogens with zero attached hydrogens (tertiary/aromatic N) is 4. The van der Waals surface area contributed by atoms with E-state index in [-0.39, 0.29) is 43.2 Å². The maximum atomic E-state index is 13.6. The number of carbonyl (C=O) groups is 1. The first-order valence-electron chi connectivity index (χ1n) is 9.55. The molecule has 0 amide bonds. The molecular formula is C18H27F3N4O3. The molecule has 7 nitrogen and oxygen atoms in total. The minimum Gasteiger partial charge on any atom is -0.377 e. The van der Waals surface area contributed by atoms with Crippen molar-refractivity contribution in [2.24, 2.45) is 10.9 Å². The zero-order chi connectivity index (χ0) is 20.6. The molecule has 0 aliphatic carbocycles. The third-order valence-electron chi connectivity index (χ3n) is 5.35. The standard InChI is InChI=1S/C18H27F3N4O3/c1-11(2)13(26)9-23-5-4-14(18(19,20)21)25-16(27)8-15(22-17(23)25)24-6-7-28-10-12(24)3/h8,11-12,14,16,27H,4-7,9-10H2,1-3H3/t12-,14-,16?/m1/s1. The van der Waals surface area contributed by atoms with Crippen LogP contribution in [0.3, 0.4) is 0 Å². The van der Waals surface area contributed by atoms with Gasteiger partial charge in [0.05, 0.1) is 25.8 Å². The van der Waals surface area contributed by atoms with Gasteiger partial charge in [0.25, 0.3) is 0 Å². The fourth-order valence-electron chi connectivity index (χ4n) is 3.67. The van der Waals surface area contributed by atoms with Crippen LogP contribution >= 0.6 is 0 Å². The molecule has 10 heteroatoms. The van der Waals surface area contributed by atoms with Crippen molar-refractivity contribution in [2.45, 2.75) is 51.7 Å². The number of alkyl halides is 3. The van der Waals surface area contributed by atoms with Crippen LogP contribution in [0.2, 0.25) is 0 Å². The Kier molecular flexibility index (Phi) is 5.90. The van der Waals surface area contributed by atoms with Crippen LogP contribution < -0.4 is 0 Å². The highest BCUT2D eigenvalue weighted by Crippen LogP contribution is 2.35. The van der Waals surface area contributed by atoms with Crippen LogP contribution in [0.25, 0.3) is 0 Å². The first-order chi connectivity index (χ1) is 13.1. The number of aliphatic hydroxyl groups excluding tert-OH is 1. The summed E-state index contributed by atoms with van der Waals surface area (Å²) in [5.41, 5.74) is 0. The van der Waals surface area contributed by atoms with Crippen LogP contribution in [0, 0.1) is 5.92 Å². The number of aliphatic imine (C=N–C) groups is 1. The Labute approximate surface area is 162 Å². The van der Waals surface area contributed by atoms with Crippen molar-refractivity contribution in [3.63, 3.8) is 0 Å². The summed E-state index contributed by atoms with van der Waals surface area (Å²) in [5, 5.41) is 10.6. The van der Waals surface area contributed by atoms with Crippen molar-refractivity contribution in [1.29, 1.82) is 0 Å². The molecule has 0 bridgehead atoms. The molecule has 1 N–H and O–H groups in total. The van der Waals surface area contributed by atoms with E-state index < -0.39 is 18.4 Å². The van der Waals surface area contributed by atoms with Crippen molar-refractivity contribution in [2.75, 3.05) is 32.8 Å². The second kappa shape index (κ2) is 7.90. The summed E-state index contributed by atoms with van der Waals surface area (Å²) in [7, 11) is 0. The summed E-state index contributed by atoms with van der Waals surface area (Å²) in [6.45, 7) is 6.94. The Balaban J connectivity index is 1.94. The van der Waals surface area contributed by atoms with Crippen molar-refractivity contribution in [3.8, 4) is 0 Å². The van der Waals surface area contributed by atoms with Gasteiger partial charge >= 0.3 is 6.18 Å². The van der Waals surface area contributed by atoms with Crippen LogP contribution in [0.1, 0.15) is 27.2 Å². The van der Waals surface area contributed by atoms with E-state index >= 15 is 0 Å². The molecule has 2 fully saturated rings. The summed E-state index contributed by atoms with van der Waals surface area (Å²) < 4.78 is 46.1. The molecule has 0 aromatic rings. The lowest BCUT2D eigenvalue weighted by molar-refractivity contribution is -0.195. The van der Waals surface area contributed by atoms with Crippen LogP contribution in [0.5, 0.6) is 0 Å². The van der Waals surface area contributed by atoms with Crippen molar-refractivity contribution in [1.82, 2.24) is 14.7 Å². The molecule has 0 spiro atoms. The highest BCUT2D eigenvalue weighted by atomic mass is 19.4. The average molecular weight is 404 g/mol. The van der Waals surface area contributed by atoms with E-state index in [9.17, 15) is 23.1 Å². The number of carbonyl (C=O) groups excluding carboxylic acids is 1. The summed E-state index contributed by atoms with van der Waals surface area (Å²) >= 11 is 0. The maximum absolute atomic E-state index is 13.6.